The Morgan fingerprint density at radius 2 is 1.97 bits per heavy atom. The number of hydrogen-bond acceptors (Lipinski definition) is 5. The molecule has 2 N–H and O–H groups in total. The van der Waals surface area contributed by atoms with Crippen LogP contribution in [0.15, 0.2) is 65.3 Å². The fourth-order valence-electron chi connectivity index (χ4n) is 2.61. The smallest absolute Gasteiger partial charge is 0.416 e. The van der Waals surface area contributed by atoms with Crippen molar-refractivity contribution >= 4 is 5.57 Å². The van der Waals surface area contributed by atoms with Gasteiger partial charge in [0.25, 0.3) is 0 Å². The van der Waals surface area contributed by atoms with Gasteiger partial charge in [-0.1, -0.05) is 18.2 Å². The van der Waals surface area contributed by atoms with Crippen molar-refractivity contribution in [3.8, 4) is 17.2 Å². The molecule has 0 saturated heterocycles. The summed E-state index contributed by atoms with van der Waals surface area (Å²) in [5.74, 6) is 0.854. The number of nitrogens with one attached hydrogen (secondary N) is 1. The van der Waals surface area contributed by atoms with Gasteiger partial charge in [-0.15, -0.1) is 0 Å². The van der Waals surface area contributed by atoms with E-state index in [1.54, 1.807) is 6.07 Å². The molecule has 3 aromatic rings. The van der Waals surface area contributed by atoms with Gasteiger partial charge in [-0.05, 0) is 54.5 Å². The maximum absolute atomic E-state index is 12.7. The van der Waals surface area contributed by atoms with E-state index < -0.39 is 11.7 Å². The molecule has 0 amide bonds. The Morgan fingerprint density at radius 1 is 1.21 bits per heavy atom. The van der Waals surface area contributed by atoms with Crippen LogP contribution in [-0.2, 0) is 12.8 Å². The summed E-state index contributed by atoms with van der Waals surface area (Å²) >= 11 is 0. The van der Waals surface area contributed by atoms with Gasteiger partial charge in [0.15, 0.2) is 0 Å². The van der Waals surface area contributed by atoms with Crippen LogP contribution in [0.5, 0.6) is 5.75 Å². The Bertz CT molecular complexity index is 979. The zero-order valence-electron chi connectivity index (χ0n) is 15.5. The summed E-state index contributed by atoms with van der Waals surface area (Å²) in [6, 6.07) is 12.1. The standard InChI is InChI=1S/C21H19F3N2O3/c1-14(9-10-25-27)16-3-2-4-19(11-16)28-12-18-13-29-20(26-18)15-5-7-17(8-6-15)21(22,23)24/h2-9,11,13,25,27H,10,12H2,1H3/b14-9+. The molecule has 3 rings (SSSR count). The number of ether oxygens (including phenoxy) is 1. The number of allylic oxidation sites excluding steroid dienone is 1. The molecule has 0 bridgehead atoms. The topological polar surface area (TPSA) is 67.5 Å². The summed E-state index contributed by atoms with van der Waals surface area (Å²) in [5.41, 5.74) is 4.23. The minimum atomic E-state index is -4.38. The van der Waals surface area contributed by atoms with E-state index in [1.807, 2.05) is 31.2 Å². The first-order valence-electron chi connectivity index (χ1n) is 8.76. The fraction of sp³-hybridized carbons (Fsp3) is 0.190. The quantitative estimate of drug-likeness (QED) is 0.522. The molecule has 5 nitrogen and oxygen atoms in total. The van der Waals surface area contributed by atoms with Crippen LogP contribution < -0.4 is 10.2 Å². The van der Waals surface area contributed by atoms with Crippen LogP contribution in [-0.4, -0.2) is 16.7 Å². The van der Waals surface area contributed by atoms with E-state index in [9.17, 15) is 13.2 Å². The molecule has 0 atom stereocenters. The second-order valence-corrected chi connectivity index (χ2v) is 6.28. The highest BCUT2D eigenvalue weighted by atomic mass is 19.4. The summed E-state index contributed by atoms with van der Waals surface area (Å²) in [4.78, 5) is 4.27. The second-order valence-electron chi connectivity index (χ2n) is 6.28. The van der Waals surface area contributed by atoms with Crippen molar-refractivity contribution in [3.63, 3.8) is 0 Å². The SMILES string of the molecule is C/C(=C\CNO)c1cccc(OCc2coc(-c3ccc(C(F)(F)F)cc3)n2)c1. The lowest BCUT2D eigenvalue weighted by atomic mass is 10.1. The van der Waals surface area contributed by atoms with E-state index in [0.717, 1.165) is 23.3 Å². The number of rotatable bonds is 7. The molecule has 0 aliphatic carbocycles. The number of halogens is 3. The highest BCUT2D eigenvalue weighted by Crippen LogP contribution is 2.31. The fourth-order valence-corrected chi connectivity index (χ4v) is 2.61. The lowest BCUT2D eigenvalue weighted by molar-refractivity contribution is -0.137. The minimum absolute atomic E-state index is 0.147. The number of hydrogen-bond donors (Lipinski definition) is 2. The average molecular weight is 404 g/mol. The Morgan fingerprint density at radius 3 is 2.66 bits per heavy atom. The summed E-state index contributed by atoms with van der Waals surface area (Å²) in [6.07, 6.45) is -1.13. The molecule has 0 saturated carbocycles. The van der Waals surface area contributed by atoms with Gasteiger partial charge in [0.1, 0.15) is 24.3 Å². The van der Waals surface area contributed by atoms with E-state index in [4.69, 9.17) is 14.4 Å². The first-order chi connectivity index (χ1) is 13.9. The van der Waals surface area contributed by atoms with Crippen molar-refractivity contribution in [2.75, 3.05) is 6.54 Å². The molecule has 1 heterocycles. The molecule has 0 spiro atoms. The van der Waals surface area contributed by atoms with E-state index in [-0.39, 0.29) is 12.5 Å². The van der Waals surface area contributed by atoms with Crippen LogP contribution >= 0.6 is 0 Å². The molecule has 0 radical (unpaired) electrons. The summed E-state index contributed by atoms with van der Waals surface area (Å²) in [5, 5.41) is 8.68. The van der Waals surface area contributed by atoms with Crippen molar-refractivity contribution < 1.29 is 27.5 Å². The number of oxazole rings is 1. The zero-order chi connectivity index (χ0) is 20.9. The third kappa shape index (κ3) is 5.46. The lowest BCUT2D eigenvalue weighted by Crippen LogP contribution is -2.05. The van der Waals surface area contributed by atoms with Gasteiger partial charge in [-0.3, -0.25) is 0 Å². The maximum atomic E-state index is 12.7. The second kappa shape index (κ2) is 8.93. The molecule has 2 aromatic carbocycles. The van der Waals surface area contributed by atoms with Gasteiger partial charge in [0.2, 0.25) is 5.89 Å². The number of aromatic nitrogens is 1. The molecule has 0 aliphatic rings. The Balaban J connectivity index is 1.65. The van der Waals surface area contributed by atoms with Crippen LogP contribution in [0.3, 0.4) is 0 Å². The molecule has 8 heteroatoms. The van der Waals surface area contributed by atoms with E-state index in [2.05, 4.69) is 10.5 Å². The first kappa shape index (κ1) is 20.6. The molecular weight excluding hydrogens is 385 g/mol. The highest BCUT2D eigenvalue weighted by Gasteiger charge is 2.30. The van der Waals surface area contributed by atoms with Gasteiger partial charge < -0.3 is 14.4 Å². The minimum Gasteiger partial charge on any atom is -0.487 e. The van der Waals surface area contributed by atoms with Crippen molar-refractivity contribution in [2.24, 2.45) is 0 Å². The number of nitrogens with zero attached hydrogens (tertiary/aromatic N) is 1. The Kier molecular flexibility index (Phi) is 6.36. The van der Waals surface area contributed by atoms with E-state index in [1.165, 1.54) is 18.4 Å². The molecule has 0 aliphatic heterocycles. The lowest BCUT2D eigenvalue weighted by Gasteiger charge is -2.07. The monoisotopic (exact) mass is 404 g/mol. The van der Waals surface area contributed by atoms with Gasteiger partial charge in [-0.2, -0.15) is 13.2 Å². The Labute approximate surface area is 165 Å². The van der Waals surface area contributed by atoms with Crippen LogP contribution in [0.25, 0.3) is 17.0 Å². The average Bonchev–Trinajstić information content (AvgIpc) is 3.19. The first-order valence-corrected chi connectivity index (χ1v) is 8.76. The largest absolute Gasteiger partial charge is 0.487 e. The van der Waals surface area contributed by atoms with Gasteiger partial charge in [-0.25, -0.2) is 10.5 Å². The van der Waals surface area contributed by atoms with Gasteiger partial charge in [0.05, 0.1) is 5.56 Å². The van der Waals surface area contributed by atoms with Crippen molar-refractivity contribution in [1.29, 1.82) is 0 Å². The molecule has 0 fully saturated rings. The van der Waals surface area contributed by atoms with Crippen LogP contribution in [0, 0.1) is 0 Å². The third-order valence-corrected chi connectivity index (χ3v) is 4.19. The molecule has 29 heavy (non-hydrogen) atoms. The van der Waals surface area contributed by atoms with Crippen LogP contribution in [0.1, 0.15) is 23.7 Å². The van der Waals surface area contributed by atoms with Crippen molar-refractivity contribution in [3.05, 3.63) is 77.7 Å². The normalized spacial score (nSPS) is 12.2. The summed E-state index contributed by atoms with van der Waals surface area (Å²) in [7, 11) is 0. The van der Waals surface area contributed by atoms with Crippen LogP contribution in [0.4, 0.5) is 13.2 Å². The van der Waals surface area contributed by atoms with E-state index in [0.29, 0.717) is 23.6 Å². The molecule has 1 aromatic heterocycles. The molecule has 152 valence electrons. The van der Waals surface area contributed by atoms with Gasteiger partial charge >= 0.3 is 6.18 Å². The number of hydroxylamine groups is 1. The molecule has 0 unspecified atom stereocenters. The summed E-state index contributed by atoms with van der Waals surface area (Å²) < 4.78 is 49.1. The third-order valence-electron chi connectivity index (χ3n) is 4.19. The predicted molar refractivity (Wildman–Crippen MR) is 101 cm³/mol. The predicted octanol–water partition coefficient (Wildman–Crippen LogP) is 5.32. The van der Waals surface area contributed by atoms with Crippen molar-refractivity contribution in [1.82, 2.24) is 10.5 Å². The van der Waals surface area contributed by atoms with Crippen molar-refractivity contribution in [2.45, 2.75) is 19.7 Å². The van der Waals surface area contributed by atoms with Crippen LogP contribution in [0.2, 0.25) is 0 Å². The zero-order valence-corrected chi connectivity index (χ0v) is 15.5. The van der Waals surface area contributed by atoms with Gasteiger partial charge in [0, 0.05) is 12.1 Å². The highest BCUT2D eigenvalue weighted by molar-refractivity contribution is 5.65. The Hall–Kier alpha value is -3.10. The summed E-state index contributed by atoms with van der Waals surface area (Å²) in [6.45, 7) is 2.40. The maximum Gasteiger partial charge on any atom is 0.416 e. The van der Waals surface area contributed by atoms with E-state index >= 15 is 0 Å². The number of benzene rings is 2. The molecular formula is C21H19F3N2O3. The number of alkyl halides is 3.